The van der Waals surface area contributed by atoms with E-state index in [0.29, 0.717) is 5.57 Å². The Hall–Kier alpha value is 0.326. The van der Waals surface area contributed by atoms with Gasteiger partial charge in [-0.05, 0) is 5.57 Å². The van der Waals surface area contributed by atoms with Crippen LogP contribution in [0.15, 0.2) is 36.0 Å². The van der Waals surface area contributed by atoms with Gasteiger partial charge in [-0.2, -0.15) is 0 Å². The summed E-state index contributed by atoms with van der Waals surface area (Å²) < 4.78 is 0. The smallest absolute Gasteiger partial charge is 0.545 e. The van der Waals surface area contributed by atoms with E-state index < -0.39 is 5.97 Å². The second-order valence-corrected chi connectivity index (χ2v) is 1.75. The Morgan fingerprint density at radius 1 is 1.60 bits per heavy atom. The van der Waals surface area contributed by atoms with Gasteiger partial charge in [0.2, 0.25) is 0 Å². The van der Waals surface area contributed by atoms with Gasteiger partial charge in [0.1, 0.15) is 0 Å². The zero-order valence-electron chi connectivity index (χ0n) is 5.76. The van der Waals surface area contributed by atoms with E-state index in [0.717, 1.165) is 0 Å². The van der Waals surface area contributed by atoms with Gasteiger partial charge in [0.15, 0.2) is 0 Å². The molecule has 0 atom stereocenters. The van der Waals surface area contributed by atoms with Crippen molar-refractivity contribution < 1.29 is 61.3 Å². The summed E-state index contributed by atoms with van der Waals surface area (Å²) in [4.78, 5) is 10.1. The van der Waals surface area contributed by atoms with Crippen LogP contribution in [0, 0.1) is 0 Å². The van der Waals surface area contributed by atoms with Crippen molar-refractivity contribution in [2.24, 2.45) is 0 Å². The molecule has 46 valence electrons. The number of rotatable bonds is 1. The van der Waals surface area contributed by atoms with Crippen LogP contribution in [-0.4, -0.2) is 5.97 Å². The molecule has 1 aliphatic carbocycles. The normalized spacial score (nSPS) is 14.4. The zero-order chi connectivity index (χ0) is 6.85. The summed E-state index contributed by atoms with van der Waals surface area (Å²) in [6.45, 7) is 3.48. The van der Waals surface area contributed by atoms with E-state index in [1.165, 1.54) is 6.08 Å². The summed E-state index contributed by atoms with van der Waals surface area (Å²) in [5.74, 6) is -1.16. The van der Waals surface area contributed by atoms with Crippen LogP contribution >= 0.6 is 0 Å². The first kappa shape index (κ1) is 10.3. The minimum atomic E-state index is -1.16. The fourth-order valence-electron chi connectivity index (χ4n) is 0.656. The molecule has 0 bridgehead atoms. The molecule has 0 saturated heterocycles. The Morgan fingerprint density at radius 3 is 2.40 bits per heavy atom. The zero-order valence-corrected chi connectivity index (χ0v) is 8.88. The first-order chi connectivity index (χ1) is 4.22. The van der Waals surface area contributed by atoms with Gasteiger partial charge >= 0.3 is 51.4 Å². The van der Waals surface area contributed by atoms with Crippen LogP contribution in [-0.2, 0) is 4.79 Å². The number of carbonyl (C=O) groups is 1. The van der Waals surface area contributed by atoms with E-state index in [9.17, 15) is 9.90 Å². The molecule has 0 amide bonds. The molecule has 0 aliphatic heterocycles. The third kappa shape index (κ3) is 2.18. The number of allylic oxidation sites excluding steroid dienone is 3. The van der Waals surface area contributed by atoms with E-state index in [1.807, 2.05) is 0 Å². The van der Waals surface area contributed by atoms with Crippen LogP contribution in [0.5, 0.6) is 0 Å². The maximum Gasteiger partial charge on any atom is 1.00 e. The molecule has 2 nitrogen and oxygen atoms in total. The molecule has 10 heavy (non-hydrogen) atoms. The molecule has 0 aromatic carbocycles. The van der Waals surface area contributed by atoms with E-state index in [-0.39, 0.29) is 57.0 Å². The van der Waals surface area contributed by atoms with Crippen molar-refractivity contribution in [3.8, 4) is 0 Å². The average Bonchev–Trinajstić information content (AvgIpc) is 2.13. The fourth-order valence-corrected chi connectivity index (χ4v) is 0.656. The fraction of sp³-hybridized carbons (Fsp3) is 0. The monoisotopic (exact) mass is 160 g/mol. The molecule has 0 aromatic rings. The van der Waals surface area contributed by atoms with Crippen LogP contribution in [0.1, 0.15) is 0 Å². The molecule has 0 saturated carbocycles. The van der Waals surface area contributed by atoms with E-state index in [4.69, 9.17) is 0 Å². The molecule has 0 unspecified atom stereocenters. The molecule has 0 heterocycles. The van der Waals surface area contributed by atoms with Crippen molar-refractivity contribution in [2.75, 3.05) is 0 Å². The molecule has 0 spiro atoms. The average molecular weight is 160 g/mol. The quantitative estimate of drug-likeness (QED) is 0.379. The first-order valence-corrected chi connectivity index (χ1v) is 2.51. The van der Waals surface area contributed by atoms with Gasteiger partial charge < -0.3 is 9.90 Å². The Balaban J connectivity index is 0.000000810. The molecule has 1 rings (SSSR count). The van der Waals surface area contributed by atoms with Crippen molar-refractivity contribution in [3.63, 3.8) is 0 Å². The van der Waals surface area contributed by atoms with Gasteiger partial charge in [-0.3, -0.25) is 0 Å². The van der Waals surface area contributed by atoms with Gasteiger partial charge in [0.25, 0.3) is 0 Å². The Bertz CT molecular complexity index is 226. The van der Waals surface area contributed by atoms with Gasteiger partial charge in [-0.25, -0.2) is 0 Å². The summed E-state index contributed by atoms with van der Waals surface area (Å²) in [5.41, 5.74) is 0.685. The summed E-state index contributed by atoms with van der Waals surface area (Å²) >= 11 is 0. The minimum absolute atomic E-state index is 0. The van der Waals surface area contributed by atoms with E-state index >= 15 is 0 Å². The second-order valence-electron chi connectivity index (χ2n) is 1.75. The van der Waals surface area contributed by atoms with Gasteiger partial charge in [-0.1, -0.05) is 24.8 Å². The minimum Gasteiger partial charge on any atom is -0.545 e. The Labute approximate surface area is 102 Å². The Morgan fingerprint density at radius 2 is 2.20 bits per heavy atom. The molecule has 0 fully saturated rings. The van der Waals surface area contributed by atoms with Crippen LogP contribution in [0.4, 0.5) is 0 Å². The summed E-state index contributed by atoms with van der Waals surface area (Å²) in [6.07, 6.45) is 4.73. The van der Waals surface area contributed by atoms with Crippen LogP contribution in [0.2, 0.25) is 0 Å². The summed E-state index contributed by atoms with van der Waals surface area (Å²) in [7, 11) is 0. The van der Waals surface area contributed by atoms with E-state index in [2.05, 4.69) is 6.58 Å². The van der Waals surface area contributed by atoms with E-state index in [1.54, 1.807) is 12.2 Å². The van der Waals surface area contributed by atoms with Crippen LogP contribution < -0.4 is 56.5 Å². The largest absolute Gasteiger partial charge is 1.00 e. The van der Waals surface area contributed by atoms with Crippen LogP contribution in [0.3, 0.4) is 0 Å². The molecule has 0 aromatic heterocycles. The topological polar surface area (TPSA) is 40.1 Å². The predicted molar refractivity (Wildman–Crippen MR) is 31.4 cm³/mol. The second kappa shape index (κ2) is 4.26. The number of carbonyl (C=O) groups excluding carboxylic acids is 1. The van der Waals surface area contributed by atoms with Gasteiger partial charge in [-0.15, -0.1) is 0 Å². The maximum absolute atomic E-state index is 10.1. The number of aliphatic carboxylic acids is 1. The number of carboxylic acid groups (broad SMARTS) is 1. The number of hydrogen-bond acceptors (Lipinski definition) is 2. The first-order valence-electron chi connectivity index (χ1n) is 2.51. The van der Waals surface area contributed by atoms with Crippen LogP contribution in [0.25, 0.3) is 0 Å². The third-order valence-electron chi connectivity index (χ3n) is 1.13. The molecule has 0 N–H and O–H groups in total. The SMILES string of the molecule is C=C1C=CC=C1C(=O)[O-].[K+]. The number of hydrogen-bond donors (Lipinski definition) is 0. The Kier molecular flexibility index (Phi) is 4.39. The number of carboxylic acids is 1. The standard InChI is InChI=1S/C7H6O2.K/c1-5-3-2-4-6(5)7(8)9;/h2-4H,1H2,(H,8,9);/q;+1/p-1. The van der Waals surface area contributed by atoms with Gasteiger partial charge in [0, 0.05) is 5.57 Å². The summed E-state index contributed by atoms with van der Waals surface area (Å²) in [6, 6.07) is 0. The van der Waals surface area contributed by atoms with Crippen molar-refractivity contribution in [1.82, 2.24) is 0 Å². The third-order valence-corrected chi connectivity index (χ3v) is 1.13. The maximum atomic E-state index is 10.1. The molecule has 3 heteroatoms. The van der Waals surface area contributed by atoms with Gasteiger partial charge in [0.05, 0.1) is 5.97 Å². The summed E-state index contributed by atoms with van der Waals surface area (Å²) in [5, 5.41) is 10.1. The van der Waals surface area contributed by atoms with Crippen molar-refractivity contribution in [2.45, 2.75) is 0 Å². The predicted octanol–water partition coefficient (Wildman–Crippen LogP) is -3.21. The van der Waals surface area contributed by atoms with Crippen molar-refractivity contribution in [3.05, 3.63) is 36.0 Å². The molecule has 0 radical (unpaired) electrons. The molecular formula is C7H5KO2. The van der Waals surface area contributed by atoms with Crippen molar-refractivity contribution in [1.29, 1.82) is 0 Å². The van der Waals surface area contributed by atoms with Crippen molar-refractivity contribution >= 4 is 5.97 Å². The molecule has 1 aliphatic rings. The molecular weight excluding hydrogens is 155 g/mol.